The molecule has 1 N–H and O–H groups in total. The molecule has 0 fully saturated rings. The van der Waals surface area contributed by atoms with Gasteiger partial charge < -0.3 is 5.32 Å². The van der Waals surface area contributed by atoms with Crippen molar-refractivity contribution in [2.24, 2.45) is 0 Å². The highest BCUT2D eigenvalue weighted by atomic mass is 79.9. The van der Waals surface area contributed by atoms with Crippen LogP contribution in [0.2, 0.25) is 0 Å². The van der Waals surface area contributed by atoms with E-state index in [1.807, 2.05) is 31.2 Å². The standard InChI is InChI=1S/C15H12Br2F3N/c1-9(10-3-2-4-11(16)7-10)21-14-6-5-12(17)8-13(14)15(18,19)20/h2-9,21H,1H3. The lowest BCUT2D eigenvalue weighted by molar-refractivity contribution is -0.137. The van der Waals surface area contributed by atoms with Crippen LogP contribution >= 0.6 is 31.9 Å². The molecule has 0 aliphatic rings. The Kier molecular flexibility index (Phi) is 4.99. The van der Waals surface area contributed by atoms with Crippen LogP contribution in [0.15, 0.2) is 51.4 Å². The van der Waals surface area contributed by atoms with Crippen molar-refractivity contribution in [3.05, 3.63) is 62.5 Å². The first-order valence-electron chi connectivity index (χ1n) is 6.16. The predicted octanol–water partition coefficient (Wildman–Crippen LogP) is 6.40. The molecule has 2 rings (SSSR count). The highest BCUT2D eigenvalue weighted by molar-refractivity contribution is 9.10. The van der Waals surface area contributed by atoms with Gasteiger partial charge in [0.1, 0.15) is 0 Å². The zero-order valence-electron chi connectivity index (χ0n) is 11.0. The molecule has 1 atom stereocenters. The van der Waals surface area contributed by atoms with E-state index in [0.29, 0.717) is 4.47 Å². The van der Waals surface area contributed by atoms with E-state index in [1.165, 1.54) is 6.07 Å². The molecule has 0 aliphatic carbocycles. The van der Waals surface area contributed by atoms with Crippen molar-refractivity contribution in [2.45, 2.75) is 19.1 Å². The van der Waals surface area contributed by atoms with E-state index in [9.17, 15) is 13.2 Å². The zero-order valence-corrected chi connectivity index (χ0v) is 14.2. The second-order valence-electron chi connectivity index (χ2n) is 4.61. The summed E-state index contributed by atoms with van der Waals surface area (Å²) < 4.78 is 40.5. The Morgan fingerprint density at radius 2 is 1.67 bits per heavy atom. The lowest BCUT2D eigenvalue weighted by Gasteiger charge is -2.20. The van der Waals surface area contributed by atoms with E-state index >= 15 is 0 Å². The second-order valence-corrected chi connectivity index (χ2v) is 6.44. The average molecular weight is 423 g/mol. The third-order valence-corrected chi connectivity index (χ3v) is 3.99. The Morgan fingerprint density at radius 3 is 2.29 bits per heavy atom. The maximum absolute atomic E-state index is 13.1. The fourth-order valence-corrected chi connectivity index (χ4v) is 2.75. The maximum Gasteiger partial charge on any atom is 0.418 e. The van der Waals surface area contributed by atoms with Crippen LogP contribution in [-0.2, 0) is 6.18 Å². The number of hydrogen-bond donors (Lipinski definition) is 1. The molecule has 0 bridgehead atoms. The maximum atomic E-state index is 13.1. The Hall–Kier alpha value is -1.01. The molecule has 0 heterocycles. The van der Waals surface area contributed by atoms with Gasteiger partial charge in [-0.1, -0.05) is 44.0 Å². The van der Waals surface area contributed by atoms with Crippen LogP contribution in [0.3, 0.4) is 0 Å². The number of benzene rings is 2. The summed E-state index contributed by atoms with van der Waals surface area (Å²) in [5.41, 5.74) is 0.289. The molecular weight excluding hydrogens is 411 g/mol. The zero-order chi connectivity index (χ0) is 15.6. The van der Waals surface area contributed by atoms with E-state index in [1.54, 1.807) is 6.07 Å². The van der Waals surface area contributed by atoms with Gasteiger partial charge in [-0.15, -0.1) is 0 Å². The summed E-state index contributed by atoms with van der Waals surface area (Å²) in [5.74, 6) is 0. The minimum Gasteiger partial charge on any atom is -0.378 e. The van der Waals surface area contributed by atoms with E-state index in [4.69, 9.17) is 0 Å². The van der Waals surface area contributed by atoms with Crippen LogP contribution in [0.5, 0.6) is 0 Å². The summed E-state index contributed by atoms with van der Waals surface area (Å²) in [5, 5.41) is 2.93. The van der Waals surface area contributed by atoms with Crippen LogP contribution in [-0.4, -0.2) is 0 Å². The summed E-state index contributed by atoms with van der Waals surface area (Å²) in [6.45, 7) is 1.82. The van der Waals surface area contributed by atoms with Crippen molar-refractivity contribution in [3.8, 4) is 0 Å². The summed E-state index contributed by atoms with van der Waals surface area (Å²) in [6, 6.07) is 11.3. The van der Waals surface area contributed by atoms with E-state index in [2.05, 4.69) is 37.2 Å². The third kappa shape index (κ3) is 4.23. The van der Waals surface area contributed by atoms with Crippen LogP contribution in [0.1, 0.15) is 24.1 Å². The number of alkyl halides is 3. The first-order chi connectivity index (χ1) is 9.77. The molecule has 2 aromatic carbocycles. The van der Waals surface area contributed by atoms with Crippen LogP contribution in [0.4, 0.5) is 18.9 Å². The summed E-state index contributed by atoms with van der Waals surface area (Å²) in [4.78, 5) is 0. The number of nitrogens with one attached hydrogen (secondary N) is 1. The SMILES string of the molecule is CC(Nc1ccc(Br)cc1C(F)(F)F)c1cccc(Br)c1. The number of halogens is 5. The van der Waals surface area contributed by atoms with Gasteiger partial charge in [0.2, 0.25) is 0 Å². The van der Waals surface area contributed by atoms with E-state index in [-0.39, 0.29) is 11.7 Å². The molecule has 1 nitrogen and oxygen atoms in total. The number of anilines is 1. The van der Waals surface area contributed by atoms with Gasteiger partial charge >= 0.3 is 6.18 Å². The van der Waals surface area contributed by atoms with Gasteiger partial charge in [0, 0.05) is 20.7 Å². The lowest BCUT2D eigenvalue weighted by Crippen LogP contribution is -2.13. The molecular formula is C15H12Br2F3N. The molecule has 21 heavy (non-hydrogen) atoms. The molecule has 0 spiro atoms. The summed E-state index contributed by atoms with van der Waals surface area (Å²) in [6.07, 6.45) is -4.40. The summed E-state index contributed by atoms with van der Waals surface area (Å²) >= 11 is 6.43. The summed E-state index contributed by atoms with van der Waals surface area (Å²) in [7, 11) is 0. The van der Waals surface area contributed by atoms with Crippen LogP contribution in [0.25, 0.3) is 0 Å². The lowest BCUT2D eigenvalue weighted by atomic mass is 10.1. The normalized spacial score (nSPS) is 13.0. The molecule has 0 aromatic heterocycles. The molecule has 112 valence electrons. The van der Waals surface area contributed by atoms with Gasteiger partial charge in [0.25, 0.3) is 0 Å². The van der Waals surface area contributed by atoms with Crippen molar-refractivity contribution in [3.63, 3.8) is 0 Å². The van der Waals surface area contributed by atoms with Crippen LogP contribution < -0.4 is 5.32 Å². The molecule has 6 heteroatoms. The monoisotopic (exact) mass is 421 g/mol. The fraction of sp³-hybridized carbons (Fsp3) is 0.200. The quantitative estimate of drug-likeness (QED) is 0.603. The van der Waals surface area contributed by atoms with Crippen molar-refractivity contribution in [1.82, 2.24) is 0 Å². The van der Waals surface area contributed by atoms with Gasteiger partial charge in [0.05, 0.1) is 5.56 Å². The molecule has 0 saturated heterocycles. The van der Waals surface area contributed by atoms with Gasteiger partial charge in [-0.2, -0.15) is 13.2 Å². The Labute approximate surface area is 137 Å². The molecule has 1 unspecified atom stereocenters. The van der Waals surface area contributed by atoms with Crippen LogP contribution in [0, 0.1) is 0 Å². The second kappa shape index (κ2) is 6.40. The predicted molar refractivity (Wildman–Crippen MR) is 85.3 cm³/mol. The average Bonchev–Trinajstić information content (AvgIpc) is 2.39. The van der Waals surface area contributed by atoms with Crippen molar-refractivity contribution in [2.75, 3.05) is 5.32 Å². The van der Waals surface area contributed by atoms with E-state index in [0.717, 1.165) is 16.1 Å². The first-order valence-corrected chi connectivity index (χ1v) is 7.75. The molecule has 0 amide bonds. The minimum atomic E-state index is -4.40. The Morgan fingerprint density at radius 1 is 1.00 bits per heavy atom. The third-order valence-electron chi connectivity index (χ3n) is 3.01. The highest BCUT2D eigenvalue weighted by Crippen LogP contribution is 2.37. The Balaban J connectivity index is 2.31. The molecule has 0 aliphatic heterocycles. The van der Waals surface area contributed by atoms with Gasteiger partial charge in [-0.25, -0.2) is 0 Å². The Bertz CT molecular complexity index is 641. The topological polar surface area (TPSA) is 12.0 Å². The van der Waals surface area contributed by atoms with Crippen molar-refractivity contribution in [1.29, 1.82) is 0 Å². The number of hydrogen-bond acceptors (Lipinski definition) is 1. The van der Waals surface area contributed by atoms with Gasteiger partial charge in [-0.3, -0.25) is 0 Å². The molecule has 0 saturated carbocycles. The fourth-order valence-electron chi connectivity index (χ4n) is 1.97. The molecule has 2 aromatic rings. The first kappa shape index (κ1) is 16.4. The molecule has 0 radical (unpaired) electrons. The van der Waals surface area contributed by atoms with Gasteiger partial charge in [-0.05, 0) is 42.8 Å². The number of rotatable bonds is 3. The largest absolute Gasteiger partial charge is 0.418 e. The minimum absolute atomic E-state index is 0.0678. The van der Waals surface area contributed by atoms with E-state index < -0.39 is 11.7 Å². The smallest absolute Gasteiger partial charge is 0.378 e. The van der Waals surface area contributed by atoms with Crippen molar-refractivity contribution < 1.29 is 13.2 Å². The van der Waals surface area contributed by atoms with Crippen molar-refractivity contribution >= 4 is 37.5 Å². The highest BCUT2D eigenvalue weighted by Gasteiger charge is 2.34. The van der Waals surface area contributed by atoms with Gasteiger partial charge in [0.15, 0.2) is 0 Å².